The molecule has 0 heterocycles. The fourth-order valence-corrected chi connectivity index (χ4v) is 1.06. The lowest BCUT2D eigenvalue weighted by atomic mass is 10.1. The van der Waals surface area contributed by atoms with E-state index >= 15 is 0 Å². The van der Waals surface area contributed by atoms with E-state index in [4.69, 9.17) is 0 Å². The molecule has 1 heteroatoms. The quantitative estimate of drug-likeness (QED) is 0.375. The summed E-state index contributed by atoms with van der Waals surface area (Å²) in [5, 5.41) is 0. The van der Waals surface area contributed by atoms with Crippen LogP contribution in [-0.2, 0) is 4.79 Å². The van der Waals surface area contributed by atoms with Gasteiger partial charge in [-0.1, -0.05) is 29.4 Å². The summed E-state index contributed by atoms with van der Waals surface area (Å²) in [5.74, 6) is 1.84. The zero-order valence-corrected chi connectivity index (χ0v) is 10.1. The first kappa shape index (κ1) is 13.7. The molecule has 0 amide bonds. The van der Waals surface area contributed by atoms with E-state index < -0.39 is 0 Å². The van der Waals surface area contributed by atoms with Gasteiger partial charge in [-0.3, -0.25) is 0 Å². The molecule has 0 unspecified atom stereocenters. The highest BCUT2D eigenvalue weighted by molar-refractivity contribution is 5.56. The third kappa shape index (κ3) is 8.99. The molecule has 0 aromatic carbocycles. The zero-order chi connectivity index (χ0) is 11.7. The van der Waals surface area contributed by atoms with Gasteiger partial charge in [0, 0.05) is 5.57 Å². The second-order valence-corrected chi connectivity index (χ2v) is 3.98. The van der Waals surface area contributed by atoms with Gasteiger partial charge in [-0.05, 0) is 46.6 Å². The van der Waals surface area contributed by atoms with Gasteiger partial charge in [-0.25, -0.2) is 4.79 Å². The summed E-state index contributed by atoms with van der Waals surface area (Å²) in [6.45, 7) is 8.06. The summed E-state index contributed by atoms with van der Waals surface area (Å²) < 4.78 is 0. The van der Waals surface area contributed by atoms with Crippen LogP contribution >= 0.6 is 0 Å². The van der Waals surface area contributed by atoms with Crippen molar-refractivity contribution in [3.8, 4) is 0 Å². The van der Waals surface area contributed by atoms with E-state index in [1.807, 2.05) is 18.1 Å². The smallest absolute Gasteiger partial charge is 0.127 e. The lowest BCUT2D eigenvalue weighted by Crippen LogP contribution is -1.76. The molecule has 1 nitrogen and oxygen atoms in total. The van der Waals surface area contributed by atoms with Crippen LogP contribution in [0.3, 0.4) is 0 Å². The maximum atomic E-state index is 10.2. The monoisotopic (exact) mass is 204 g/mol. The molecule has 0 aliphatic carbocycles. The third-order valence-electron chi connectivity index (χ3n) is 1.98. The van der Waals surface area contributed by atoms with Crippen molar-refractivity contribution in [3.63, 3.8) is 0 Å². The van der Waals surface area contributed by atoms with E-state index in [0.717, 1.165) is 12.8 Å². The molecule has 0 bridgehead atoms. The Bertz CT molecular complexity index is 319. The van der Waals surface area contributed by atoms with Crippen LogP contribution in [0, 0.1) is 0 Å². The zero-order valence-electron chi connectivity index (χ0n) is 10.1. The Kier molecular flexibility index (Phi) is 7.31. The Balaban J connectivity index is 4.05. The van der Waals surface area contributed by atoms with E-state index in [-0.39, 0.29) is 0 Å². The molecule has 0 spiro atoms. The number of hydrogen-bond donors (Lipinski definition) is 0. The summed E-state index contributed by atoms with van der Waals surface area (Å²) in [6.07, 6.45) is 10.1. The molecule has 82 valence electrons. The molecular formula is C14H20O. The predicted octanol–water partition coefficient (Wildman–Crippen LogP) is 4.01. The van der Waals surface area contributed by atoms with Crippen molar-refractivity contribution in [2.45, 2.75) is 40.5 Å². The van der Waals surface area contributed by atoms with E-state index in [2.05, 4.69) is 26.8 Å². The van der Waals surface area contributed by atoms with E-state index in [1.165, 1.54) is 11.1 Å². The van der Waals surface area contributed by atoms with Crippen molar-refractivity contribution >= 4 is 5.94 Å². The highest BCUT2D eigenvalue weighted by Crippen LogP contribution is 2.06. The molecular weight excluding hydrogens is 184 g/mol. The average Bonchev–Trinajstić information content (AvgIpc) is 2.17. The van der Waals surface area contributed by atoms with Gasteiger partial charge >= 0.3 is 0 Å². The fourth-order valence-electron chi connectivity index (χ4n) is 1.06. The number of rotatable bonds is 5. The molecule has 0 N–H and O–H groups in total. The summed E-state index contributed by atoms with van der Waals surface area (Å²) in [5.41, 5.74) is 3.31. The van der Waals surface area contributed by atoms with Gasteiger partial charge in [0.25, 0.3) is 0 Å². The summed E-state index contributed by atoms with van der Waals surface area (Å²) in [6, 6.07) is 0. The number of hydrogen-bond acceptors (Lipinski definition) is 1. The van der Waals surface area contributed by atoms with Crippen LogP contribution in [0.5, 0.6) is 0 Å². The molecule has 0 saturated carbocycles. The Morgan fingerprint density at radius 3 is 2.40 bits per heavy atom. The predicted molar refractivity (Wildman–Crippen MR) is 66.4 cm³/mol. The normalized spacial score (nSPS) is 11.3. The van der Waals surface area contributed by atoms with Crippen molar-refractivity contribution in [1.82, 2.24) is 0 Å². The lowest BCUT2D eigenvalue weighted by molar-refractivity contribution is 0.567. The number of carbonyl (C=O) groups excluding carboxylic acids is 1. The van der Waals surface area contributed by atoms with Crippen molar-refractivity contribution < 1.29 is 4.79 Å². The minimum absolute atomic E-state index is 0.628. The van der Waals surface area contributed by atoms with E-state index in [1.54, 1.807) is 13.0 Å². The Hall–Kier alpha value is -1.33. The van der Waals surface area contributed by atoms with Crippen molar-refractivity contribution in [3.05, 3.63) is 41.0 Å². The second-order valence-electron chi connectivity index (χ2n) is 3.98. The maximum Gasteiger partial charge on any atom is 0.127 e. The van der Waals surface area contributed by atoms with Crippen LogP contribution in [-0.4, -0.2) is 5.94 Å². The molecule has 15 heavy (non-hydrogen) atoms. The van der Waals surface area contributed by atoms with Gasteiger partial charge in [-0.15, -0.1) is 0 Å². The van der Waals surface area contributed by atoms with Crippen LogP contribution in [0.1, 0.15) is 40.5 Å². The van der Waals surface area contributed by atoms with Crippen LogP contribution < -0.4 is 0 Å². The standard InChI is InChI=1S/C14H20O/c1-12(2)7-5-8-13(3)9-6-10-14(4)11-15/h6-7,9-10H,5,8H2,1-4H3/b10-6+,13-9+. The van der Waals surface area contributed by atoms with Crippen molar-refractivity contribution in [2.75, 3.05) is 0 Å². The van der Waals surface area contributed by atoms with Gasteiger partial charge in [0.15, 0.2) is 0 Å². The van der Waals surface area contributed by atoms with Crippen molar-refractivity contribution in [1.29, 1.82) is 0 Å². The molecule has 0 aliphatic rings. The molecule has 0 aromatic heterocycles. The van der Waals surface area contributed by atoms with Crippen LogP contribution in [0.25, 0.3) is 0 Å². The van der Waals surface area contributed by atoms with E-state index in [9.17, 15) is 4.79 Å². The van der Waals surface area contributed by atoms with Gasteiger partial charge in [0.1, 0.15) is 5.94 Å². The van der Waals surface area contributed by atoms with Gasteiger partial charge in [0.2, 0.25) is 0 Å². The Morgan fingerprint density at radius 1 is 1.20 bits per heavy atom. The maximum absolute atomic E-state index is 10.2. The molecule has 0 aromatic rings. The Labute approximate surface area is 92.9 Å². The lowest BCUT2D eigenvalue weighted by Gasteiger charge is -1.96. The van der Waals surface area contributed by atoms with Gasteiger partial charge in [-0.2, -0.15) is 0 Å². The van der Waals surface area contributed by atoms with Gasteiger partial charge < -0.3 is 0 Å². The minimum atomic E-state index is 0.628. The summed E-state index contributed by atoms with van der Waals surface area (Å²) in [7, 11) is 0. The third-order valence-corrected chi connectivity index (χ3v) is 1.98. The summed E-state index contributed by atoms with van der Waals surface area (Å²) in [4.78, 5) is 10.2. The Morgan fingerprint density at radius 2 is 1.87 bits per heavy atom. The average molecular weight is 204 g/mol. The first-order valence-electron chi connectivity index (χ1n) is 5.25. The minimum Gasteiger partial charge on any atom is -0.233 e. The topological polar surface area (TPSA) is 17.1 Å². The SMILES string of the molecule is CC(=C=O)/C=C/C=C(\C)CCC=C(C)C. The van der Waals surface area contributed by atoms with Gasteiger partial charge in [0.05, 0.1) is 0 Å². The molecule has 0 rings (SSSR count). The molecule has 0 radical (unpaired) electrons. The first-order chi connectivity index (χ1) is 7.06. The fraction of sp³-hybridized carbons (Fsp3) is 0.429. The van der Waals surface area contributed by atoms with Crippen LogP contribution in [0.4, 0.5) is 0 Å². The summed E-state index contributed by atoms with van der Waals surface area (Å²) >= 11 is 0. The first-order valence-corrected chi connectivity index (χ1v) is 5.25. The molecule has 0 saturated heterocycles. The second kappa shape index (κ2) is 8.02. The molecule has 0 aliphatic heterocycles. The van der Waals surface area contributed by atoms with E-state index in [0.29, 0.717) is 5.57 Å². The highest BCUT2D eigenvalue weighted by atomic mass is 16.1. The largest absolute Gasteiger partial charge is 0.233 e. The van der Waals surface area contributed by atoms with Crippen molar-refractivity contribution in [2.24, 2.45) is 0 Å². The number of allylic oxidation sites excluding steroid dienone is 7. The van der Waals surface area contributed by atoms with Crippen LogP contribution in [0.15, 0.2) is 41.0 Å². The highest BCUT2D eigenvalue weighted by Gasteiger charge is 1.86. The molecule has 0 fully saturated rings. The van der Waals surface area contributed by atoms with Crippen LogP contribution in [0.2, 0.25) is 0 Å². The molecule has 0 atom stereocenters.